The molecule has 10 heteroatoms. The zero-order valence-corrected chi connectivity index (χ0v) is 18.0. The molecule has 1 aromatic heterocycles. The van der Waals surface area contributed by atoms with Crippen LogP contribution < -0.4 is 0 Å². The van der Waals surface area contributed by atoms with Gasteiger partial charge in [0.05, 0.1) is 12.5 Å². The molecule has 29 heavy (non-hydrogen) atoms. The van der Waals surface area contributed by atoms with Crippen molar-refractivity contribution >= 4 is 16.1 Å². The predicted molar refractivity (Wildman–Crippen MR) is 108 cm³/mol. The SMILES string of the molecule is Cc1cccc(-c2noc(CN(C)C(=O)C3CCCN(S(=O)(=O)N(C)C)C3)n2)c1. The van der Waals surface area contributed by atoms with Crippen LogP contribution in [0.4, 0.5) is 0 Å². The molecule has 1 amide bonds. The average molecular weight is 422 g/mol. The van der Waals surface area contributed by atoms with Gasteiger partial charge in [0.1, 0.15) is 0 Å². The van der Waals surface area contributed by atoms with Crippen LogP contribution in [0.15, 0.2) is 28.8 Å². The van der Waals surface area contributed by atoms with Crippen LogP contribution in [0, 0.1) is 12.8 Å². The van der Waals surface area contributed by atoms with Gasteiger partial charge in [0.2, 0.25) is 17.6 Å². The van der Waals surface area contributed by atoms with Gasteiger partial charge in [0.15, 0.2) is 0 Å². The standard InChI is InChI=1S/C19H27N5O4S/c1-14-7-5-8-15(11-14)18-20-17(28-21-18)13-23(4)19(25)16-9-6-10-24(12-16)29(26,27)22(2)3/h5,7-8,11,16H,6,9-10,12-13H2,1-4H3. The van der Waals surface area contributed by atoms with Crippen molar-refractivity contribution in [1.82, 2.24) is 23.7 Å². The second-order valence-electron chi connectivity index (χ2n) is 7.56. The molecule has 1 aliphatic heterocycles. The van der Waals surface area contributed by atoms with Crippen molar-refractivity contribution in [1.29, 1.82) is 0 Å². The van der Waals surface area contributed by atoms with Crippen molar-refractivity contribution in [2.75, 3.05) is 34.2 Å². The van der Waals surface area contributed by atoms with E-state index >= 15 is 0 Å². The smallest absolute Gasteiger partial charge is 0.281 e. The maximum absolute atomic E-state index is 12.9. The molecule has 1 fully saturated rings. The number of rotatable bonds is 6. The highest BCUT2D eigenvalue weighted by Crippen LogP contribution is 2.23. The molecule has 9 nitrogen and oxygen atoms in total. The third kappa shape index (κ3) is 4.82. The number of nitrogens with zero attached hydrogens (tertiary/aromatic N) is 5. The van der Waals surface area contributed by atoms with Crippen molar-refractivity contribution in [3.05, 3.63) is 35.7 Å². The number of aryl methyl sites for hydroxylation is 1. The summed E-state index contributed by atoms with van der Waals surface area (Å²) in [5.74, 6) is 0.304. The average Bonchev–Trinajstić information content (AvgIpc) is 3.16. The third-order valence-electron chi connectivity index (χ3n) is 5.01. The van der Waals surface area contributed by atoms with E-state index in [0.29, 0.717) is 31.1 Å². The molecule has 1 aromatic carbocycles. The molecule has 158 valence electrons. The Balaban J connectivity index is 1.65. The number of benzene rings is 1. The molecule has 1 atom stereocenters. The van der Waals surface area contributed by atoms with Gasteiger partial charge in [-0.1, -0.05) is 28.9 Å². The van der Waals surface area contributed by atoms with Crippen molar-refractivity contribution in [2.45, 2.75) is 26.3 Å². The summed E-state index contributed by atoms with van der Waals surface area (Å²) in [5.41, 5.74) is 1.95. The van der Waals surface area contributed by atoms with Crippen LogP contribution in [0.5, 0.6) is 0 Å². The van der Waals surface area contributed by atoms with E-state index in [2.05, 4.69) is 10.1 Å². The molecular formula is C19H27N5O4S. The van der Waals surface area contributed by atoms with Gasteiger partial charge in [0.25, 0.3) is 10.2 Å². The fraction of sp³-hybridized carbons (Fsp3) is 0.526. The highest BCUT2D eigenvalue weighted by Gasteiger charge is 2.34. The van der Waals surface area contributed by atoms with E-state index in [1.807, 2.05) is 31.2 Å². The molecule has 0 bridgehead atoms. The van der Waals surface area contributed by atoms with Crippen LogP contribution in [-0.4, -0.2) is 72.2 Å². The highest BCUT2D eigenvalue weighted by molar-refractivity contribution is 7.86. The minimum atomic E-state index is -3.53. The summed E-state index contributed by atoms with van der Waals surface area (Å²) in [6, 6.07) is 7.78. The van der Waals surface area contributed by atoms with Crippen molar-refractivity contribution in [3.8, 4) is 11.4 Å². The molecule has 2 aromatic rings. The van der Waals surface area contributed by atoms with Crippen LogP contribution in [0.3, 0.4) is 0 Å². The van der Waals surface area contributed by atoms with E-state index < -0.39 is 10.2 Å². The molecule has 0 N–H and O–H groups in total. The Morgan fingerprint density at radius 2 is 2.07 bits per heavy atom. The number of hydrogen-bond donors (Lipinski definition) is 0. The van der Waals surface area contributed by atoms with E-state index in [0.717, 1.165) is 11.1 Å². The van der Waals surface area contributed by atoms with Gasteiger partial charge in [-0.15, -0.1) is 0 Å². The van der Waals surface area contributed by atoms with Crippen LogP contribution >= 0.6 is 0 Å². The molecule has 0 spiro atoms. The first-order chi connectivity index (χ1) is 13.7. The summed E-state index contributed by atoms with van der Waals surface area (Å²) >= 11 is 0. The number of piperidine rings is 1. The van der Waals surface area contributed by atoms with Crippen LogP contribution in [0.25, 0.3) is 11.4 Å². The van der Waals surface area contributed by atoms with Crippen LogP contribution in [0.1, 0.15) is 24.3 Å². The van der Waals surface area contributed by atoms with Gasteiger partial charge in [-0.2, -0.15) is 22.0 Å². The van der Waals surface area contributed by atoms with E-state index in [1.54, 1.807) is 7.05 Å². The predicted octanol–water partition coefficient (Wildman–Crippen LogP) is 1.52. The maximum Gasteiger partial charge on any atom is 0.281 e. The van der Waals surface area contributed by atoms with Gasteiger partial charge in [-0.05, 0) is 25.8 Å². The molecular weight excluding hydrogens is 394 g/mol. The lowest BCUT2D eigenvalue weighted by atomic mass is 9.98. The molecule has 0 aliphatic carbocycles. The maximum atomic E-state index is 12.9. The molecule has 1 unspecified atom stereocenters. The molecule has 3 rings (SSSR count). The molecule has 1 aliphatic rings. The normalized spacial score (nSPS) is 18.2. The summed E-state index contributed by atoms with van der Waals surface area (Å²) in [5, 5.41) is 4.00. The van der Waals surface area contributed by atoms with E-state index in [1.165, 1.54) is 27.6 Å². The number of hydrogen-bond acceptors (Lipinski definition) is 6. The first kappa shape index (κ1) is 21.4. The number of carbonyl (C=O) groups excluding carboxylic acids is 1. The summed E-state index contributed by atoms with van der Waals surface area (Å²) in [6.45, 7) is 2.77. The first-order valence-corrected chi connectivity index (χ1v) is 10.9. The van der Waals surface area contributed by atoms with Crippen LogP contribution in [-0.2, 0) is 21.5 Å². The molecule has 1 saturated heterocycles. The van der Waals surface area contributed by atoms with Crippen molar-refractivity contribution in [3.63, 3.8) is 0 Å². The van der Waals surface area contributed by atoms with Gasteiger partial charge < -0.3 is 9.42 Å². The van der Waals surface area contributed by atoms with Crippen LogP contribution in [0.2, 0.25) is 0 Å². The van der Waals surface area contributed by atoms with Gasteiger partial charge in [0, 0.05) is 39.8 Å². The van der Waals surface area contributed by atoms with Gasteiger partial charge >= 0.3 is 0 Å². The summed E-state index contributed by atoms with van der Waals surface area (Å²) < 4.78 is 32.6. The van der Waals surface area contributed by atoms with E-state index in [4.69, 9.17) is 4.52 Å². The minimum Gasteiger partial charge on any atom is -0.337 e. The second kappa shape index (κ2) is 8.60. The Hall–Kier alpha value is -2.30. The first-order valence-electron chi connectivity index (χ1n) is 9.50. The molecule has 2 heterocycles. The van der Waals surface area contributed by atoms with Crippen molar-refractivity contribution < 1.29 is 17.7 Å². The number of aromatic nitrogens is 2. The lowest BCUT2D eigenvalue weighted by molar-refractivity contribution is -0.136. The summed E-state index contributed by atoms with van der Waals surface area (Å²) in [6.07, 6.45) is 1.30. The lowest BCUT2D eigenvalue weighted by Gasteiger charge is -2.34. The summed E-state index contributed by atoms with van der Waals surface area (Å²) in [4.78, 5) is 18.8. The Morgan fingerprint density at radius 1 is 1.31 bits per heavy atom. The highest BCUT2D eigenvalue weighted by atomic mass is 32.2. The fourth-order valence-electron chi connectivity index (χ4n) is 3.40. The monoisotopic (exact) mass is 421 g/mol. The summed E-state index contributed by atoms with van der Waals surface area (Å²) in [7, 11) is 1.13. The molecule has 0 radical (unpaired) electrons. The topological polar surface area (TPSA) is 99.8 Å². The Bertz CT molecular complexity index is 972. The van der Waals surface area contributed by atoms with E-state index in [-0.39, 0.29) is 24.9 Å². The minimum absolute atomic E-state index is 0.126. The van der Waals surface area contributed by atoms with Gasteiger partial charge in [-0.3, -0.25) is 4.79 Å². The second-order valence-corrected chi connectivity index (χ2v) is 9.71. The van der Waals surface area contributed by atoms with E-state index in [9.17, 15) is 13.2 Å². The lowest BCUT2D eigenvalue weighted by Crippen LogP contribution is -2.49. The fourth-order valence-corrected chi connectivity index (χ4v) is 4.59. The van der Waals surface area contributed by atoms with Crippen molar-refractivity contribution in [2.24, 2.45) is 5.92 Å². The number of amides is 1. The zero-order valence-electron chi connectivity index (χ0n) is 17.2. The largest absolute Gasteiger partial charge is 0.337 e. The third-order valence-corrected chi connectivity index (χ3v) is 6.92. The Kier molecular flexibility index (Phi) is 6.35. The molecule has 0 saturated carbocycles. The number of carbonyl (C=O) groups is 1. The zero-order chi connectivity index (χ0) is 21.2. The Morgan fingerprint density at radius 3 is 2.76 bits per heavy atom. The van der Waals surface area contributed by atoms with Gasteiger partial charge in [-0.25, -0.2) is 0 Å². The quantitative estimate of drug-likeness (QED) is 0.701. The Labute approximate surface area is 171 Å².